The van der Waals surface area contributed by atoms with Crippen molar-refractivity contribution in [1.82, 2.24) is 9.88 Å². The minimum absolute atomic E-state index is 0. The lowest BCUT2D eigenvalue weighted by Gasteiger charge is -2.21. The van der Waals surface area contributed by atoms with Gasteiger partial charge in [0.05, 0.1) is 11.8 Å². The molecule has 3 rings (SSSR count). The monoisotopic (exact) mass is 423 g/mol. The number of amides is 1. The van der Waals surface area contributed by atoms with Gasteiger partial charge >= 0.3 is 0 Å². The molecule has 0 radical (unpaired) electrons. The molecule has 0 bridgehead atoms. The summed E-state index contributed by atoms with van der Waals surface area (Å²) in [5, 5.41) is 0.586. The Balaban J connectivity index is 0.00000280. The Morgan fingerprint density at radius 3 is 2.61 bits per heavy atom. The average molecular weight is 424 g/mol. The topological polar surface area (TPSA) is 45.7 Å². The summed E-state index contributed by atoms with van der Waals surface area (Å²) in [6, 6.07) is 11.4. The minimum Gasteiger partial charge on any atom is -0.494 e. The fourth-order valence-corrected chi connectivity index (χ4v) is 3.81. The Kier molecular flexibility index (Phi) is 7.74. The van der Waals surface area contributed by atoms with Crippen LogP contribution in [0.4, 0.5) is 9.52 Å². The lowest BCUT2D eigenvalue weighted by atomic mass is 10.2. The molecule has 1 heterocycles. The van der Waals surface area contributed by atoms with E-state index in [1.165, 1.54) is 23.5 Å². The highest BCUT2D eigenvalue weighted by Gasteiger charge is 2.22. The van der Waals surface area contributed by atoms with Crippen LogP contribution in [-0.2, 0) is 0 Å². The first-order valence-corrected chi connectivity index (χ1v) is 9.47. The number of thiazole rings is 1. The first kappa shape index (κ1) is 22.1. The van der Waals surface area contributed by atoms with Crippen molar-refractivity contribution < 1.29 is 13.9 Å². The normalized spacial score (nSPS) is 10.8. The van der Waals surface area contributed by atoms with E-state index in [-0.39, 0.29) is 18.3 Å². The van der Waals surface area contributed by atoms with E-state index in [1.54, 1.807) is 24.1 Å². The molecular formula is C20H23ClFN3O2S. The van der Waals surface area contributed by atoms with E-state index in [2.05, 4.69) is 9.88 Å². The van der Waals surface area contributed by atoms with Gasteiger partial charge in [0, 0.05) is 12.1 Å². The second-order valence-electron chi connectivity index (χ2n) is 6.43. The van der Waals surface area contributed by atoms with Crippen molar-refractivity contribution in [2.75, 3.05) is 39.2 Å². The van der Waals surface area contributed by atoms with E-state index in [0.717, 1.165) is 23.2 Å². The zero-order chi connectivity index (χ0) is 19.4. The lowest BCUT2D eigenvalue weighted by molar-refractivity contribution is 0.0985. The molecule has 1 amide bonds. The average Bonchev–Trinajstić information content (AvgIpc) is 3.08. The number of halogens is 2. The van der Waals surface area contributed by atoms with E-state index in [0.29, 0.717) is 23.0 Å². The number of fused-ring (bicyclic) bond motifs is 1. The summed E-state index contributed by atoms with van der Waals surface area (Å²) in [6.45, 7) is 1.33. The molecule has 0 aliphatic rings. The molecular weight excluding hydrogens is 401 g/mol. The van der Waals surface area contributed by atoms with Gasteiger partial charge < -0.3 is 9.64 Å². The second kappa shape index (κ2) is 9.82. The molecule has 0 aliphatic carbocycles. The van der Waals surface area contributed by atoms with Gasteiger partial charge in [-0.15, -0.1) is 12.4 Å². The van der Waals surface area contributed by atoms with E-state index in [9.17, 15) is 9.18 Å². The molecule has 5 nitrogen and oxygen atoms in total. The Bertz CT molecular complexity index is 948. The predicted octanol–water partition coefficient (Wildman–Crippen LogP) is 4.46. The van der Waals surface area contributed by atoms with Crippen LogP contribution in [0.25, 0.3) is 10.2 Å². The highest BCUT2D eigenvalue weighted by molar-refractivity contribution is 7.22. The summed E-state index contributed by atoms with van der Waals surface area (Å²) >= 11 is 1.43. The molecule has 2 aromatic carbocycles. The number of anilines is 1. The molecule has 0 saturated heterocycles. The third-order valence-corrected chi connectivity index (χ3v) is 5.17. The van der Waals surface area contributed by atoms with Crippen molar-refractivity contribution in [2.45, 2.75) is 6.42 Å². The molecule has 1 aromatic heterocycles. The molecule has 0 unspecified atom stereocenters. The van der Waals surface area contributed by atoms with Crippen LogP contribution in [0.3, 0.4) is 0 Å². The zero-order valence-electron chi connectivity index (χ0n) is 16.0. The van der Waals surface area contributed by atoms with Crippen molar-refractivity contribution in [3.05, 3.63) is 53.8 Å². The predicted molar refractivity (Wildman–Crippen MR) is 115 cm³/mol. The number of carbonyl (C=O) groups excluding carboxylic acids is 1. The number of methoxy groups -OCH3 is 1. The van der Waals surface area contributed by atoms with Crippen LogP contribution in [0.5, 0.6) is 5.75 Å². The van der Waals surface area contributed by atoms with Gasteiger partial charge in [0.2, 0.25) is 0 Å². The van der Waals surface area contributed by atoms with Gasteiger partial charge in [-0.1, -0.05) is 23.5 Å². The molecule has 0 atom stereocenters. The fraction of sp³-hybridized carbons (Fsp3) is 0.300. The summed E-state index contributed by atoms with van der Waals surface area (Å²) in [6.07, 6.45) is 0.779. The maximum absolute atomic E-state index is 13.6. The van der Waals surface area contributed by atoms with Gasteiger partial charge in [-0.2, -0.15) is 0 Å². The Labute approximate surface area is 174 Å². The van der Waals surface area contributed by atoms with Crippen LogP contribution >= 0.6 is 23.7 Å². The van der Waals surface area contributed by atoms with Crippen LogP contribution in [-0.4, -0.2) is 50.1 Å². The number of rotatable bonds is 7. The minimum atomic E-state index is -0.430. The van der Waals surface area contributed by atoms with Gasteiger partial charge in [0.25, 0.3) is 5.91 Å². The largest absolute Gasteiger partial charge is 0.494 e. The van der Waals surface area contributed by atoms with Crippen LogP contribution < -0.4 is 9.64 Å². The van der Waals surface area contributed by atoms with Gasteiger partial charge in [0.1, 0.15) is 17.1 Å². The summed E-state index contributed by atoms with van der Waals surface area (Å²) in [7, 11) is 5.57. The molecule has 3 aromatic rings. The number of hydrogen-bond donors (Lipinski definition) is 0. The van der Waals surface area contributed by atoms with Gasteiger partial charge in [-0.25, -0.2) is 9.37 Å². The standard InChI is InChI=1S/C20H22FN3O2S.ClH/c1-23(2)11-6-12-24(19(25)14-7-4-8-15(21)13-14)20-22-18-16(26-3)9-5-10-17(18)27-20;/h4-5,7-10,13H,6,11-12H2,1-3H3;1H. The summed E-state index contributed by atoms with van der Waals surface area (Å²) < 4.78 is 19.9. The van der Waals surface area contributed by atoms with E-state index < -0.39 is 5.82 Å². The van der Waals surface area contributed by atoms with Crippen molar-refractivity contribution in [1.29, 1.82) is 0 Å². The Morgan fingerprint density at radius 2 is 1.93 bits per heavy atom. The van der Waals surface area contributed by atoms with E-state index >= 15 is 0 Å². The van der Waals surface area contributed by atoms with Gasteiger partial charge in [0.15, 0.2) is 5.13 Å². The summed E-state index contributed by atoms with van der Waals surface area (Å²) in [4.78, 5) is 21.4. The summed E-state index contributed by atoms with van der Waals surface area (Å²) in [5.41, 5.74) is 1.04. The molecule has 0 saturated carbocycles. The molecule has 0 N–H and O–H groups in total. The second-order valence-corrected chi connectivity index (χ2v) is 7.44. The molecule has 0 aliphatic heterocycles. The van der Waals surface area contributed by atoms with Crippen LogP contribution in [0, 0.1) is 5.82 Å². The first-order valence-electron chi connectivity index (χ1n) is 8.65. The maximum atomic E-state index is 13.6. The molecule has 0 fully saturated rings. The maximum Gasteiger partial charge on any atom is 0.260 e. The van der Waals surface area contributed by atoms with Crippen LogP contribution in [0.1, 0.15) is 16.8 Å². The first-order chi connectivity index (χ1) is 13.0. The SMILES string of the molecule is COc1cccc2sc(N(CCCN(C)C)C(=O)c3cccc(F)c3)nc12.Cl. The number of para-hydroxylation sites is 1. The zero-order valence-corrected chi connectivity index (χ0v) is 17.6. The molecule has 0 spiro atoms. The quantitative estimate of drug-likeness (QED) is 0.562. The number of hydrogen-bond acceptors (Lipinski definition) is 5. The highest BCUT2D eigenvalue weighted by atomic mass is 35.5. The number of ether oxygens (including phenoxy) is 1. The smallest absolute Gasteiger partial charge is 0.260 e. The van der Waals surface area contributed by atoms with E-state index in [1.807, 2.05) is 32.3 Å². The van der Waals surface area contributed by atoms with Crippen LogP contribution in [0.15, 0.2) is 42.5 Å². The molecule has 150 valence electrons. The number of nitrogens with zero attached hydrogens (tertiary/aromatic N) is 3. The number of aromatic nitrogens is 1. The van der Waals surface area contributed by atoms with Gasteiger partial charge in [-0.3, -0.25) is 9.69 Å². The molecule has 28 heavy (non-hydrogen) atoms. The third kappa shape index (κ3) is 4.98. The Hall–Kier alpha value is -2.22. The van der Waals surface area contributed by atoms with Gasteiger partial charge in [-0.05, 0) is 57.4 Å². The van der Waals surface area contributed by atoms with Crippen molar-refractivity contribution >= 4 is 45.0 Å². The van der Waals surface area contributed by atoms with Crippen LogP contribution in [0.2, 0.25) is 0 Å². The van der Waals surface area contributed by atoms with E-state index in [4.69, 9.17) is 4.74 Å². The Morgan fingerprint density at radius 1 is 1.18 bits per heavy atom. The fourth-order valence-electron chi connectivity index (χ4n) is 2.80. The summed E-state index contributed by atoms with van der Waals surface area (Å²) in [5.74, 6) is -0.0206. The van der Waals surface area contributed by atoms with Crippen molar-refractivity contribution in [3.8, 4) is 5.75 Å². The lowest BCUT2D eigenvalue weighted by Crippen LogP contribution is -2.33. The van der Waals surface area contributed by atoms with Crippen molar-refractivity contribution in [3.63, 3.8) is 0 Å². The highest BCUT2D eigenvalue weighted by Crippen LogP contribution is 2.34. The number of benzene rings is 2. The molecule has 8 heteroatoms. The third-order valence-electron chi connectivity index (χ3n) is 4.13. The number of carbonyl (C=O) groups is 1. The van der Waals surface area contributed by atoms with Crippen molar-refractivity contribution in [2.24, 2.45) is 0 Å².